The topological polar surface area (TPSA) is 91.0 Å². The Morgan fingerprint density at radius 2 is 2.07 bits per heavy atom. The standard InChI is InChI=1S/C20H24N4O4/c25-16-5-4-15(18(26)22-16)24-9-14-3-1-2-13(17(14)19(24)27)8-23-7-6-21-10-20(23)11-28-12-20/h1-3,15,21H,4-12H2,(H,22,25,26). The van der Waals surface area contributed by atoms with E-state index in [0.717, 1.165) is 36.3 Å². The molecule has 3 amide bonds. The number of nitrogens with zero attached hydrogens (tertiary/aromatic N) is 2. The van der Waals surface area contributed by atoms with Crippen LogP contribution in [0.15, 0.2) is 18.2 Å². The summed E-state index contributed by atoms with van der Waals surface area (Å²) in [5, 5.41) is 5.80. The van der Waals surface area contributed by atoms with Gasteiger partial charge in [-0.3, -0.25) is 24.6 Å². The predicted octanol–water partition coefficient (Wildman–Crippen LogP) is -0.378. The van der Waals surface area contributed by atoms with Crippen molar-refractivity contribution in [2.75, 3.05) is 32.8 Å². The fourth-order valence-electron chi connectivity index (χ4n) is 4.78. The Hall–Kier alpha value is -2.29. The summed E-state index contributed by atoms with van der Waals surface area (Å²) in [4.78, 5) is 41.0. The number of ether oxygens (including phenoxy) is 1. The molecule has 1 aromatic carbocycles. The lowest BCUT2D eigenvalue weighted by Crippen LogP contribution is -2.70. The van der Waals surface area contributed by atoms with Gasteiger partial charge in [0.05, 0.1) is 18.8 Å². The van der Waals surface area contributed by atoms with Crippen LogP contribution in [0.1, 0.15) is 34.3 Å². The van der Waals surface area contributed by atoms with Gasteiger partial charge in [-0.1, -0.05) is 18.2 Å². The monoisotopic (exact) mass is 384 g/mol. The lowest BCUT2D eigenvalue weighted by Gasteiger charge is -2.52. The summed E-state index contributed by atoms with van der Waals surface area (Å²) in [6.45, 7) is 5.29. The highest BCUT2D eigenvalue weighted by Crippen LogP contribution is 2.33. The number of fused-ring (bicyclic) bond motifs is 1. The first-order valence-corrected chi connectivity index (χ1v) is 9.86. The maximum absolute atomic E-state index is 13.2. The molecule has 3 saturated heterocycles. The van der Waals surface area contributed by atoms with Gasteiger partial charge in [-0.05, 0) is 17.5 Å². The number of carbonyl (C=O) groups is 3. The van der Waals surface area contributed by atoms with Gasteiger partial charge in [0.15, 0.2) is 0 Å². The van der Waals surface area contributed by atoms with Crippen LogP contribution in [0.4, 0.5) is 0 Å². The maximum atomic E-state index is 13.2. The van der Waals surface area contributed by atoms with Crippen molar-refractivity contribution in [1.29, 1.82) is 0 Å². The lowest BCUT2D eigenvalue weighted by atomic mass is 9.91. The van der Waals surface area contributed by atoms with E-state index >= 15 is 0 Å². The van der Waals surface area contributed by atoms with E-state index in [4.69, 9.17) is 4.74 Å². The van der Waals surface area contributed by atoms with E-state index in [-0.39, 0.29) is 29.7 Å². The smallest absolute Gasteiger partial charge is 0.255 e. The van der Waals surface area contributed by atoms with Gasteiger partial charge in [0, 0.05) is 44.7 Å². The van der Waals surface area contributed by atoms with Gasteiger partial charge in [0.1, 0.15) is 6.04 Å². The Bertz CT molecular complexity index is 851. The number of piperidine rings is 1. The summed E-state index contributed by atoms with van der Waals surface area (Å²) in [5.41, 5.74) is 2.71. The van der Waals surface area contributed by atoms with E-state index in [1.807, 2.05) is 18.2 Å². The van der Waals surface area contributed by atoms with Crippen LogP contribution in [-0.4, -0.2) is 72.0 Å². The SMILES string of the molecule is O=C1CCC(N2Cc3cccc(CN4CCNCC45COC5)c3C2=O)C(=O)N1. The minimum Gasteiger partial charge on any atom is -0.377 e. The summed E-state index contributed by atoms with van der Waals surface area (Å²) >= 11 is 0. The quantitative estimate of drug-likeness (QED) is 0.691. The Morgan fingerprint density at radius 3 is 2.82 bits per heavy atom. The zero-order valence-electron chi connectivity index (χ0n) is 15.7. The van der Waals surface area contributed by atoms with Crippen molar-refractivity contribution in [1.82, 2.24) is 20.4 Å². The molecule has 1 aromatic rings. The third-order valence-corrected chi connectivity index (χ3v) is 6.42. The molecule has 8 heteroatoms. The van der Waals surface area contributed by atoms with Crippen LogP contribution in [0.25, 0.3) is 0 Å². The van der Waals surface area contributed by atoms with Crippen molar-refractivity contribution >= 4 is 17.7 Å². The van der Waals surface area contributed by atoms with Crippen LogP contribution in [0.3, 0.4) is 0 Å². The minimum atomic E-state index is -0.573. The van der Waals surface area contributed by atoms with Crippen LogP contribution in [0, 0.1) is 0 Å². The highest BCUT2D eigenvalue weighted by atomic mass is 16.5. The second-order valence-electron chi connectivity index (χ2n) is 8.17. The first-order valence-electron chi connectivity index (χ1n) is 9.86. The molecule has 0 aliphatic carbocycles. The normalized spacial score (nSPS) is 26.9. The average molecular weight is 384 g/mol. The predicted molar refractivity (Wildman–Crippen MR) is 99.3 cm³/mol. The fourth-order valence-corrected chi connectivity index (χ4v) is 4.78. The number of nitrogens with one attached hydrogen (secondary N) is 2. The molecule has 5 rings (SSSR count). The molecule has 28 heavy (non-hydrogen) atoms. The van der Waals surface area contributed by atoms with Gasteiger partial charge in [-0.2, -0.15) is 0 Å². The summed E-state index contributed by atoms with van der Waals surface area (Å²) in [7, 11) is 0. The Morgan fingerprint density at radius 1 is 1.21 bits per heavy atom. The third kappa shape index (κ3) is 2.75. The number of imide groups is 1. The molecule has 1 spiro atoms. The van der Waals surface area contributed by atoms with Crippen LogP contribution in [0.5, 0.6) is 0 Å². The van der Waals surface area contributed by atoms with Crippen LogP contribution >= 0.6 is 0 Å². The van der Waals surface area contributed by atoms with E-state index in [1.54, 1.807) is 4.90 Å². The summed E-state index contributed by atoms with van der Waals surface area (Å²) in [6.07, 6.45) is 0.657. The van der Waals surface area contributed by atoms with Gasteiger partial charge in [0.25, 0.3) is 5.91 Å². The largest absolute Gasteiger partial charge is 0.377 e. The molecule has 148 valence electrons. The van der Waals surface area contributed by atoms with Crippen molar-refractivity contribution in [2.24, 2.45) is 0 Å². The first-order chi connectivity index (χ1) is 13.6. The number of amides is 3. The molecule has 2 N–H and O–H groups in total. The van der Waals surface area contributed by atoms with Gasteiger partial charge < -0.3 is 15.0 Å². The molecule has 1 unspecified atom stereocenters. The molecule has 4 aliphatic heterocycles. The average Bonchev–Trinajstić information content (AvgIpc) is 2.98. The number of carbonyl (C=O) groups excluding carboxylic acids is 3. The van der Waals surface area contributed by atoms with Crippen molar-refractivity contribution in [2.45, 2.75) is 37.5 Å². The van der Waals surface area contributed by atoms with E-state index in [1.165, 1.54) is 0 Å². The fraction of sp³-hybridized carbons (Fsp3) is 0.550. The molecule has 4 heterocycles. The molecule has 4 aliphatic rings. The van der Waals surface area contributed by atoms with Crippen molar-refractivity contribution in [3.63, 3.8) is 0 Å². The van der Waals surface area contributed by atoms with Gasteiger partial charge in [-0.15, -0.1) is 0 Å². The zero-order chi connectivity index (χ0) is 19.3. The van der Waals surface area contributed by atoms with Gasteiger partial charge in [-0.25, -0.2) is 0 Å². The van der Waals surface area contributed by atoms with Crippen molar-refractivity contribution < 1.29 is 19.1 Å². The van der Waals surface area contributed by atoms with E-state index < -0.39 is 6.04 Å². The summed E-state index contributed by atoms with van der Waals surface area (Å²) in [6, 6.07) is 5.39. The number of hydrogen-bond donors (Lipinski definition) is 2. The first kappa shape index (κ1) is 17.8. The molecule has 8 nitrogen and oxygen atoms in total. The highest BCUT2D eigenvalue weighted by molar-refractivity contribution is 6.05. The lowest BCUT2D eigenvalue weighted by molar-refractivity contribution is -0.151. The van der Waals surface area contributed by atoms with Crippen molar-refractivity contribution in [3.8, 4) is 0 Å². The molecule has 0 aromatic heterocycles. The number of hydrogen-bond acceptors (Lipinski definition) is 6. The van der Waals surface area contributed by atoms with Crippen LogP contribution in [0.2, 0.25) is 0 Å². The van der Waals surface area contributed by atoms with Crippen molar-refractivity contribution in [3.05, 3.63) is 34.9 Å². The summed E-state index contributed by atoms with van der Waals surface area (Å²) in [5.74, 6) is -0.737. The molecular weight excluding hydrogens is 360 g/mol. The minimum absolute atomic E-state index is 0.0198. The zero-order valence-corrected chi connectivity index (χ0v) is 15.7. The highest BCUT2D eigenvalue weighted by Gasteiger charge is 2.46. The van der Waals surface area contributed by atoms with Crippen LogP contribution in [-0.2, 0) is 27.4 Å². The Balaban J connectivity index is 1.40. The second kappa shape index (κ2) is 6.65. The number of piperazine rings is 1. The molecule has 0 bridgehead atoms. The molecule has 0 saturated carbocycles. The molecule has 0 radical (unpaired) electrons. The Kier molecular flexibility index (Phi) is 4.22. The van der Waals surface area contributed by atoms with Gasteiger partial charge >= 0.3 is 0 Å². The molecular formula is C20H24N4O4. The van der Waals surface area contributed by atoms with Gasteiger partial charge in [0.2, 0.25) is 11.8 Å². The molecule has 1 atom stereocenters. The third-order valence-electron chi connectivity index (χ3n) is 6.42. The van der Waals surface area contributed by atoms with E-state index in [0.29, 0.717) is 32.7 Å². The summed E-state index contributed by atoms with van der Waals surface area (Å²) < 4.78 is 5.49. The number of rotatable bonds is 3. The number of benzene rings is 1. The van der Waals surface area contributed by atoms with E-state index in [9.17, 15) is 14.4 Å². The Labute approximate surface area is 163 Å². The maximum Gasteiger partial charge on any atom is 0.255 e. The second-order valence-corrected chi connectivity index (χ2v) is 8.17. The van der Waals surface area contributed by atoms with E-state index in [2.05, 4.69) is 15.5 Å². The van der Waals surface area contributed by atoms with Crippen LogP contribution < -0.4 is 10.6 Å². The molecule has 3 fully saturated rings.